The summed E-state index contributed by atoms with van der Waals surface area (Å²) in [4.78, 5) is 16.3. The van der Waals surface area contributed by atoms with Gasteiger partial charge in [-0.25, -0.2) is 4.98 Å². The molecule has 0 bridgehead atoms. The maximum Gasteiger partial charge on any atom is 0.273 e. The lowest BCUT2D eigenvalue weighted by Crippen LogP contribution is -2.23. The molecule has 0 spiro atoms. The summed E-state index contributed by atoms with van der Waals surface area (Å²) >= 11 is 0. The van der Waals surface area contributed by atoms with Gasteiger partial charge in [0.25, 0.3) is 5.91 Å². The average molecular weight is 317 g/mol. The monoisotopic (exact) mass is 317 g/mol. The summed E-state index contributed by atoms with van der Waals surface area (Å²) in [7, 11) is 0. The molecule has 23 heavy (non-hydrogen) atoms. The Morgan fingerprint density at radius 1 is 1.35 bits per heavy atom. The van der Waals surface area contributed by atoms with E-state index < -0.39 is 0 Å². The smallest absolute Gasteiger partial charge is 0.273 e. The number of oxazole rings is 1. The van der Waals surface area contributed by atoms with Gasteiger partial charge in [-0.15, -0.1) is 0 Å². The Labute approximate surface area is 133 Å². The van der Waals surface area contributed by atoms with Gasteiger partial charge < -0.3 is 24.9 Å². The quantitative estimate of drug-likeness (QED) is 0.875. The van der Waals surface area contributed by atoms with Gasteiger partial charge in [0.1, 0.15) is 6.26 Å². The van der Waals surface area contributed by atoms with Crippen molar-refractivity contribution in [2.45, 2.75) is 26.4 Å². The van der Waals surface area contributed by atoms with E-state index in [1.165, 1.54) is 6.26 Å². The number of carbonyl (C=O) groups excluding carboxylic acids is 1. The van der Waals surface area contributed by atoms with Crippen molar-refractivity contribution in [2.75, 3.05) is 6.79 Å². The Morgan fingerprint density at radius 3 is 2.91 bits per heavy atom. The first kappa shape index (κ1) is 15.4. The predicted molar refractivity (Wildman–Crippen MR) is 82.0 cm³/mol. The SMILES string of the molecule is CC(C)C(N)c1nc(C(=O)NCc2ccc3c(c2)OCO3)co1. The molecule has 1 aromatic carbocycles. The van der Waals surface area contributed by atoms with E-state index in [0.29, 0.717) is 23.9 Å². The molecule has 1 atom stereocenters. The summed E-state index contributed by atoms with van der Waals surface area (Å²) < 4.78 is 15.8. The molecule has 3 rings (SSSR count). The van der Waals surface area contributed by atoms with Crippen molar-refractivity contribution in [1.82, 2.24) is 10.3 Å². The fraction of sp³-hybridized carbons (Fsp3) is 0.375. The summed E-state index contributed by atoms with van der Waals surface area (Å²) in [5.41, 5.74) is 7.08. The maximum absolute atomic E-state index is 12.1. The van der Waals surface area contributed by atoms with Crippen molar-refractivity contribution >= 4 is 5.91 Å². The van der Waals surface area contributed by atoms with E-state index >= 15 is 0 Å². The molecule has 1 unspecified atom stereocenters. The Hall–Kier alpha value is -2.54. The Balaban J connectivity index is 1.61. The first-order valence-corrected chi connectivity index (χ1v) is 7.42. The molecule has 1 aliphatic heterocycles. The number of nitrogens with one attached hydrogen (secondary N) is 1. The van der Waals surface area contributed by atoms with Gasteiger partial charge in [0, 0.05) is 6.54 Å². The molecule has 3 N–H and O–H groups in total. The molecule has 2 aromatic rings. The lowest BCUT2D eigenvalue weighted by atomic mass is 10.1. The molecule has 1 aliphatic rings. The average Bonchev–Trinajstić information content (AvgIpc) is 3.20. The number of rotatable bonds is 5. The minimum atomic E-state index is -0.328. The molecule has 0 fully saturated rings. The first-order valence-electron chi connectivity index (χ1n) is 7.42. The summed E-state index contributed by atoms with van der Waals surface area (Å²) in [5, 5.41) is 2.79. The third kappa shape index (κ3) is 3.29. The highest BCUT2D eigenvalue weighted by molar-refractivity contribution is 5.91. The molecular weight excluding hydrogens is 298 g/mol. The third-order valence-corrected chi connectivity index (χ3v) is 3.65. The number of hydrogen-bond acceptors (Lipinski definition) is 6. The van der Waals surface area contributed by atoms with Crippen molar-refractivity contribution in [3.8, 4) is 11.5 Å². The molecule has 1 amide bonds. The topological polar surface area (TPSA) is 99.6 Å². The predicted octanol–water partition coefficient (Wildman–Crippen LogP) is 1.99. The highest BCUT2D eigenvalue weighted by Gasteiger charge is 2.19. The van der Waals surface area contributed by atoms with E-state index in [2.05, 4.69) is 10.3 Å². The maximum atomic E-state index is 12.1. The van der Waals surface area contributed by atoms with Crippen LogP contribution in [0.25, 0.3) is 0 Å². The lowest BCUT2D eigenvalue weighted by Gasteiger charge is -2.10. The second-order valence-electron chi connectivity index (χ2n) is 5.71. The van der Waals surface area contributed by atoms with Crippen molar-refractivity contribution < 1.29 is 18.7 Å². The molecule has 0 aliphatic carbocycles. The van der Waals surface area contributed by atoms with Gasteiger partial charge in [-0.1, -0.05) is 19.9 Å². The minimum absolute atomic E-state index is 0.179. The van der Waals surface area contributed by atoms with Gasteiger partial charge in [0.05, 0.1) is 6.04 Å². The van der Waals surface area contributed by atoms with Crippen LogP contribution in [0.4, 0.5) is 0 Å². The largest absolute Gasteiger partial charge is 0.454 e. The van der Waals surface area contributed by atoms with Gasteiger partial charge in [0.2, 0.25) is 12.7 Å². The number of amides is 1. The molecule has 7 nitrogen and oxygen atoms in total. The van der Waals surface area contributed by atoms with Crippen molar-refractivity contribution in [2.24, 2.45) is 11.7 Å². The van der Waals surface area contributed by atoms with Gasteiger partial charge >= 0.3 is 0 Å². The number of ether oxygens (including phenoxy) is 2. The number of hydrogen-bond donors (Lipinski definition) is 2. The van der Waals surface area contributed by atoms with Gasteiger partial charge in [-0.05, 0) is 23.6 Å². The number of fused-ring (bicyclic) bond motifs is 1. The number of carbonyl (C=O) groups is 1. The first-order chi connectivity index (χ1) is 11.0. The van der Waals surface area contributed by atoms with Gasteiger partial charge in [0.15, 0.2) is 17.2 Å². The fourth-order valence-electron chi connectivity index (χ4n) is 2.15. The highest BCUT2D eigenvalue weighted by Crippen LogP contribution is 2.32. The number of nitrogens with zero attached hydrogens (tertiary/aromatic N) is 1. The lowest BCUT2D eigenvalue weighted by molar-refractivity contribution is 0.0945. The van der Waals surface area contributed by atoms with Crippen LogP contribution in [-0.4, -0.2) is 17.7 Å². The standard InChI is InChI=1S/C16H19N3O4/c1-9(2)14(17)16-19-11(7-21-16)15(20)18-6-10-3-4-12-13(5-10)23-8-22-12/h3-5,7,9,14H,6,8,17H2,1-2H3,(H,18,20). The number of benzene rings is 1. The zero-order chi connectivity index (χ0) is 16.4. The van der Waals surface area contributed by atoms with Crippen LogP contribution in [0.3, 0.4) is 0 Å². The van der Waals surface area contributed by atoms with Crippen LogP contribution in [0.5, 0.6) is 11.5 Å². The Morgan fingerprint density at radius 2 is 2.13 bits per heavy atom. The molecular formula is C16H19N3O4. The molecule has 0 saturated heterocycles. The summed E-state index contributed by atoms with van der Waals surface area (Å²) in [5.74, 6) is 1.63. The van der Waals surface area contributed by atoms with Crippen LogP contribution in [0.1, 0.15) is 41.8 Å². The summed E-state index contributed by atoms with van der Waals surface area (Å²) in [6.45, 7) is 4.51. The summed E-state index contributed by atoms with van der Waals surface area (Å²) in [6.07, 6.45) is 1.33. The minimum Gasteiger partial charge on any atom is -0.454 e. The third-order valence-electron chi connectivity index (χ3n) is 3.65. The molecule has 1 aromatic heterocycles. The Kier molecular flexibility index (Phi) is 4.20. The van der Waals surface area contributed by atoms with Crippen LogP contribution in [0, 0.1) is 5.92 Å². The van der Waals surface area contributed by atoms with E-state index in [9.17, 15) is 4.79 Å². The second-order valence-corrected chi connectivity index (χ2v) is 5.71. The van der Waals surface area contributed by atoms with Crippen molar-refractivity contribution in [3.63, 3.8) is 0 Å². The van der Waals surface area contributed by atoms with E-state index in [1.54, 1.807) is 0 Å². The van der Waals surface area contributed by atoms with Crippen LogP contribution in [-0.2, 0) is 6.54 Å². The molecule has 0 radical (unpaired) electrons. The van der Waals surface area contributed by atoms with Gasteiger partial charge in [-0.3, -0.25) is 4.79 Å². The van der Waals surface area contributed by atoms with E-state index in [1.807, 2.05) is 32.0 Å². The second kappa shape index (κ2) is 6.29. The van der Waals surface area contributed by atoms with Crippen LogP contribution in [0.2, 0.25) is 0 Å². The highest BCUT2D eigenvalue weighted by atomic mass is 16.7. The fourth-order valence-corrected chi connectivity index (χ4v) is 2.15. The number of aromatic nitrogens is 1. The van der Waals surface area contributed by atoms with Crippen molar-refractivity contribution in [1.29, 1.82) is 0 Å². The molecule has 2 heterocycles. The summed E-state index contributed by atoms with van der Waals surface area (Å²) in [6, 6.07) is 5.20. The zero-order valence-electron chi connectivity index (χ0n) is 13.0. The van der Waals surface area contributed by atoms with E-state index in [4.69, 9.17) is 19.6 Å². The zero-order valence-corrected chi connectivity index (χ0v) is 13.0. The molecule has 7 heteroatoms. The van der Waals surface area contributed by atoms with Crippen LogP contribution >= 0.6 is 0 Å². The van der Waals surface area contributed by atoms with Gasteiger partial charge in [-0.2, -0.15) is 0 Å². The van der Waals surface area contributed by atoms with Crippen molar-refractivity contribution in [3.05, 3.63) is 41.6 Å². The molecule has 122 valence electrons. The van der Waals surface area contributed by atoms with E-state index in [0.717, 1.165) is 5.56 Å². The number of nitrogens with two attached hydrogens (primary N) is 1. The Bertz CT molecular complexity index is 711. The van der Waals surface area contributed by atoms with Crippen LogP contribution < -0.4 is 20.5 Å². The van der Waals surface area contributed by atoms with Crippen LogP contribution in [0.15, 0.2) is 28.9 Å². The molecule has 0 saturated carbocycles. The van der Waals surface area contributed by atoms with E-state index in [-0.39, 0.29) is 30.4 Å². The normalized spacial score (nSPS) is 14.1.